The van der Waals surface area contributed by atoms with Crippen molar-refractivity contribution in [3.05, 3.63) is 101 Å². The minimum atomic E-state index is -0.585. The van der Waals surface area contributed by atoms with Crippen LogP contribution < -0.4 is 4.74 Å². The van der Waals surface area contributed by atoms with Gasteiger partial charge in [-0.3, -0.25) is 0 Å². The number of para-hydroxylation sites is 1. The number of ether oxygens (including phenoxy) is 1. The molecule has 0 N–H and O–H groups in total. The van der Waals surface area contributed by atoms with Gasteiger partial charge in [-0.1, -0.05) is 35.5 Å². The van der Waals surface area contributed by atoms with Gasteiger partial charge in [0.1, 0.15) is 17.4 Å². The number of nitrogens with zero attached hydrogens (tertiary/aromatic N) is 3. The lowest BCUT2D eigenvalue weighted by Gasteiger charge is -2.29. The average molecular weight is 417 g/mol. The molecule has 31 heavy (non-hydrogen) atoms. The van der Waals surface area contributed by atoms with Gasteiger partial charge >= 0.3 is 0 Å². The van der Waals surface area contributed by atoms with Crippen LogP contribution in [0.5, 0.6) is 5.75 Å². The molecule has 0 saturated carbocycles. The van der Waals surface area contributed by atoms with Gasteiger partial charge in [0.2, 0.25) is 0 Å². The van der Waals surface area contributed by atoms with Crippen LogP contribution in [0.25, 0.3) is 11.5 Å². The van der Waals surface area contributed by atoms with Crippen molar-refractivity contribution < 1.29 is 18.0 Å². The molecule has 0 spiro atoms. The number of rotatable bonds is 4. The fraction of sp³-hybridized carbons (Fsp3) is 0.125. The van der Waals surface area contributed by atoms with Crippen LogP contribution in [-0.2, 0) is 6.42 Å². The van der Waals surface area contributed by atoms with Crippen molar-refractivity contribution in [3.63, 3.8) is 0 Å². The highest BCUT2D eigenvalue weighted by molar-refractivity contribution is 5.79. The van der Waals surface area contributed by atoms with Crippen LogP contribution in [0.4, 0.5) is 8.78 Å². The van der Waals surface area contributed by atoms with Gasteiger partial charge in [0, 0.05) is 11.8 Å². The fourth-order valence-electron chi connectivity index (χ4n) is 3.49. The summed E-state index contributed by atoms with van der Waals surface area (Å²) in [6.45, 7) is 0. The van der Waals surface area contributed by atoms with Crippen molar-refractivity contribution in [1.82, 2.24) is 10.1 Å². The van der Waals surface area contributed by atoms with Gasteiger partial charge in [-0.05, 0) is 60.0 Å². The highest BCUT2D eigenvalue weighted by atomic mass is 19.1. The Bertz CT molecular complexity index is 1220. The molecule has 7 heteroatoms. The molecule has 0 aliphatic carbocycles. The molecule has 1 aliphatic rings. The lowest BCUT2D eigenvalue weighted by atomic mass is 9.93. The molecule has 5 nitrogen and oxygen atoms in total. The van der Waals surface area contributed by atoms with E-state index in [1.54, 1.807) is 30.5 Å². The Kier molecular flexibility index (Phi) is 5.00. The number of halogens is 2. The van der Waals surface area contributed by atoms with Crippen molar-refractivity contribution in [3.8, 4) is 17.2 Å². The Morgan fingerprint density at radius 1 is 0.903 bits per heavy atom. The van der Waals surface area contributed by atoms with Crippen LogP contribution >= 0.6 is 0 Å². The van der Waals surface area contributed by atoms with Gasteiger partial charge in [0.25, 0.3) is 5.89 Å². The second-order valence-corrected chi connectivity index (χ2v) is 7.22. The maximum atomic E-state index is 13.2. The first-order valence-electron chi connectivity index (χ1n) is 9.78. The summed E-state index contributed by atoms with van der Waals surface area (Å²) in [5, 5.41) is 4.15. The summed E-state index contributed by atoms with van der Waals surface area (Å²) in [6, 6.07) is 19.6. The quantitative estimate of drug-likeness (QED) is 0.430. The van der Waals surface area contributed by atoms with Crippen molar-refractivity contribution in [1.29, 1.82) is 0 Å². The normalized spacial score (nSPS) is 18.0. The van der Waals surface area contributed by atoms with E-state index in [0.717, 1.165) is 16.9 Å². The Morgan fingerprint density at radius 2 is 1.61 bits per heavy atom. The molecule has 0 radical (unpaired) electrons. The topological polar surface area (TPSA) is 60.5 Å². The molecule has 3 aromatic carbocycles. The van der Waals surface area contributed by atoms with Crippen molar-refractivity contribution in [2.75, 3.05) is 0 Å². The summed E-state index contributed by atoms with van der Waals surface area (Å²) >= 11 is 0. The molecule has 0 amide bonds. The average Bonchev–Trinajstić information content (AvgIpc) is 3.29. The van der Waals surface area contributed by atoms with E-state index >= 15 is 0 Å². The number of aromatic nitrogens is 2. The summed E-state index contributed by atoms with van der Waals surface area (Å²) < 4.78 is 38.0. The summed E-state index contributed by atoms with van der Waals surface area (Å²) in [6.07, 6.45) is 1.68. The number of hydrogen-bond donors (Lipinski definition) is 0. The Balaban J connectivity index is 1.47. The first-order valence-corrected chi connectivity index (χ1v) is 9.78. The van der Waals surface area contributed by atoms with E-state index in [2.05, 4.69) is 15.1 Å². The van der Waals surface area contributed by atoms with Crippen LogP contribution in [0.3, 0.4) is 0 Å². The van der Waals surface area contributed by atoms with Crippen LogP contribution in [0.2, 0.25) is 0 Å². The fourth-order valence-corrected chi connectivity index (χ4v) is 3.49. The van der Waals surface area contributed by atoms with Gasteiger partial charge in [0.05, 0.1) is 5.92 Å². The predicted molar refractivity (Wildman–Crippen MR) is 111 cm³/mol. The number of benzene rings is 3. The van der Waals surface area contributed by atoms with E-state index in [0.29, 0.717) is 23.7 Å². The highest BCUT2D eigenvalue weighted by Crippen LogP contribution is 2.36. The van der Waals surface area contributed by atoms with Crippen LogP contribution in [0, 0.1) is 11.6 Å². The highest BCUT2D eigenvalue weighted by Gasteiger charge is 2.34. The second-order valence-electron chi connectivity index (χ2n) is 7.22. The Hall–Kier alpha value is -3.87. The third-order valence-electron chi connectivity index (χ3n) is 5.11. The van der Waals surface area contributed by atoms with E-state index < -0.39 is 6.23 Å². The number of aliphatic imine (C=N–C) groups is 1. The SMILES string of the molecule is Fc1ccc(/C=N/C2Oc3ccccc3CC2c2noc(-c3ccc(F)cc3)n2)cc1. The molecule has 5 rings (SSSR count). The zero-order valence-electron chi connectivity index (χ0n) is 16.3. The molecule has 2 heterocycles. The van der Waals surface area contributed by atoms with Crippen LogP contribution in [0.1, 0.15) is 22.9 Å². The minimum Gasteiger partial charge on any atom is -0.468 e. The smallest absolute Gasteiger partial charge is 0.257 e. The lowest BCUT2D eigenvalue weighted by molar-refractivity contribution is 0.153. The molecule has 1 aromatic heterocycles. The molecule has 0 saturated heterocycles. The second kappa shape index (κ2) is 8.10. The van der Waals surface area contributed by atoms with E-state index in [1.165, 1.54) is 24.3 Å². The summed E-state index contributed by atoms with van der Waals surface area (Å²) in [7, 11) is 0. The molecular formula is C24H17F2N3O2. The van der Waals surface area contributed by atoms with Crippen LogP contribution in [-0.4, -0.2) is 22.6 Å². The molecule has 0 bridgehead atoms. The van der Waals surface area contributed by atoms with E-state index in [1.807, 2.05) is 24.3 Å². The van der Waals surface area contributed by atoms with Crippen molar-refractivity contribution >= 4 is 6.21 Å². The first kappa shape index (κ1) is 19.1. The molecular weight excluding hydrogens is 400 g/mol. The Morgan fingerprint density at radius 3 is 2.39 bits per heavy atom. The lowest BCUT2D eigenvalue weighted by Crippen LogP contribution is -2.30. The first-order chi connectivity index (χ1) is 15.2. The van der Waals surface area contributed by atoms with Gasteiger partial charge in [-0.25, -0.2) is 13.8 Å². The molecule has 1 aliphatic heterocycles. The maximum Gasteiger partial charge on any atom is 0.257 e. The summed E-state index contributed by atoms with van der Waals surface area (Å²) in [5.74, 6) is 0.575. The summed E-state index contributed by atoms with van der Waals surface area (Å²) in [5.41, 5.74) is 2.40. The van der Waals surface area contributed by atoms with Crippen molar-refractivity contribution in [2.45, 2.75) is 18.6 Å². The van der Waals surface area contributed by atoms with Gasteiger partial charge in [0.15, 0.2) is 12.1 Å². The summed E-state index contributed by atoms with van der Waals surface area (Å²) in [4.78, 5) is 9.11. The van der Waals surface area contributed by atoms with E-state index in [-0.39, 0.29) is 17.6 Å². The van der Waals surface area contributed by atoms with Crippen molar-refractivity contribution in [2.24, 2.45) is 4.99 Å². The molecule has 154 valence electrons. The molecule has 0 fully saturated rings. The third kappa shape index (κ3) is 4.07. The number of fused-ring (bicyclic) bond motifs is 1. The molecule has 2 unspecified atom stereocenters. The Labute approximate surface area is 177 Å². The van der Waals surface area contributed by atoms with Gasteiger partial charge < -0.3 is 9.26 Å². The van der Waals surface area contributed by atoms with Gasteiger partial charge in [-0.2, -0.15) is 4.98 Å². The molecule has 4 aromatic rings. The predicted octanol–water partition coefficient (Wildman–Crippen LogP) is 5.18. The zero-order valence-corrected chi connectivity index (χ0v) is 16.3. The molecule has 2 atom stereocenters. The zero-order chi connectivity index (χ0) is 21.2. The largest absolute Gasteiger partial charge is 0.468 e. The number of hydrogen-bond acceptors (Lipinski definition) is 5. The van der Waals surface area contributed by atoms with Gasteiger partial charge in [-0.15, -0.1) is 0 Å². The van der Waals surface area contributed by atoms with E-state index in [4.69, 9.17) is 9.26 Å². The minimum absolute atomic E-state index is 0.287. The maximum absolute atomic E-state index is 13.2. The standard InChI is InChI=1S/C24H17F2N3O2/c25-18-9-5-15(6-10-18)14-27-24-20(13-17-3-1-2-4-21(17)30-24)22-28-23(31-29-22)16-7-11-19(26)12-8-16/h1-12,14,20,24H,13H2/b27-14+. The van der Waals surface area contributed by atoms with Crippen LogP contribution in [0.15, 0.2) is 82.3 Å². The third-order valence-corrected chi connectivity index (χ3v) is 5.11. The van der Waals surface area contributed by atoms with E-state index in [9.17, 15) is 8.78 Å². The monoisotopic (exact) mass is 417 g/mol.